The molecule has 0 heterocycles. The van der Waals surface area contributed by atoms with E-state index in [9.17, 15) is 9.59 Å². The maximum Gasteiger partial charge on any atom is 0.255 e. The standard InChI is InChI=1S/C22H19ClN2O3S/c1-28-20-11-4-15(12-16(20)13-29-19-9-5-17(23)6-10-19)22(27)25-18-7-2-14(3-8-18)21(24)26/h2-12H,13H2,1H3,(H2,24,26)(H,25,27). The van der Waals surface area contributed by atoms with Crippen LogP contribution in [0.1, 0.15) is 26.3 Å². The first-order valence-electron chi connectivity index (χ1n) is 8.73. The first-order valence-corrected chi connectivity index (χ1v) is 10.1. The summed E-state index contributed by atoms with van der Waals surface area (Å²) in [4.78, 5) is 24.9. The van der Waals surface area contributed by atoms with Crippen LogP contribution in [0.5, 0.6) is 5.75 Å². The fraction of sp³-hybridized carbons (Fsp3) is 0.0909. The molecule has 0 aromatic heterocycles. The maximum atomic E-state index is 12.6. The third-order valence-corrected chi connectivity index (χ3v) is 5.49. The zero-order valence-electron chi connectivity index (χ0n) is 15.6. The molecule has 0 saturated carbocycles. The van der Waals surface area contributed by atoms with Gasteiger partial charge in [-0.15, -0.1) is 11.8 Å². The molecule has 0 aliphatic carbocycles. The summed E-state index contributed by atoms with van der Waals surface area (Å²) < 4.78 is 5.43. The Labute approximate surface area is 178 Å². The van der Waals surface area contributed by atoms with Crippen LogP contribution < -0.4 is 15.8 Å². The van der Waals surface area contributed by atoms with Gasteiger partial charge in [0, 0.05) is 38.0 Å². The zero-order valence-corrected chi connectivity index (χ0v) is 17.2. The lowest BCUT2D eigenvalue weighted by Gasteiger charge is -2.11. The van der Waals surface area contributed by atoms with Crippen molar-refractivity contribution in [1.29, 1.82) is 0 Å². The molecule has 3 N–H and O–H groups in total. The quantitative estimate of drug-likeness (QED) is 0.521. The lowest BCUT2D eigenvalue weighted by molar-refractivity contribution is 0.0998. The number of primary amides is 1. The fourth-order valence-electron chi connectivity index (χ4n) is 2.65. The number of amides is 2. The Morgan fingerprint density at radius 2 is 1.66 bits per heavy atom. The summed E-state index contributed by atoms with van der Waals surface area (Å²) in [6.45, 7) is 0. The molecule has 7 heteroatoms. The highest BCUT2D eigenvalue weighted by molar-refractivity contribution is 7.98. The number of nitrogens with one attached hydrogen (secondary N) is 1. The van der Waals surface area contributed by atoms with Gasteiger partial charge >= 0.3 is 0 Å². The predicted octanol–water partition coefficient (Wildman–Crippen LogP) is 4.99. The Kier molecular flexibility index (Phi) is 6.80. The summed E-state index contributed by atoms with van der Waals surface area (Å²) in [6, 6.07) is 19.3. The number of benzene rings is 3. The molecule has 0 aliphatic heterocycles. The van der Waals surface area contributed by atoms with Gasteiger partial charge in [0.15, 0.2) is 0 Å². The van der Waals surface area contributed by atoms with Crippen molar-refractivity contribution in [1.82, 2.24) is 0 Å². The number of thioether (sulfide) groups is 1. The Morgan fingerprint density at radius 1 is 1.00 bits per heavy atom. The zero-order chi connectivity index (χ0) is 20.8. The van der Waals surface area contributed by atoms with Gasteiger partial charge in [-0.3, -0.25) is 9.59 Å². The molecule has 2 amide bonds. The second kappa shape index (κ2) is 9.49. The van der Waals surface area contributed by atoms with Gasteiger partial charge < -0.3 is 15.8 Å². The van der Waals surface area contributed by atoms with Gasteiger partial charge in [0.2, 0.25) is 5.91 Å². The molecule has 5 nitrogen and oxygen atoms in total. The van der Waals surface area contributed by atoms with E-state index in [1.165, 1.54) is 0 Å². The van der Waals surface area contributed by atoms with E-state index >= 15 is 0 Å². The molecule has 0 aliphatic rings. The van der Waals surface area contributed by atoms with E-state index in [0.717, 1.165) is 10.5 Å². The van der Waals surface area contributed by atoms with Crippen LogP contribution in [0.3, 0.4) is 0 Å². The van der Waals surface area contributed by atoms with Crippen molar-refractivity contribution in [2.45, 2.75) is 10.6 Å². The van der Waals surface area contributed by atoms with E-state index in [-0.39, 0.29) is 5.91 Å². The Morgan fingerprint density at radius 3 is 2.28 bits per heavy atom. The van der Waals surface area contributed by atoms with E-state index in [2.05, 4.69) is 5.32 Å². The lowest BCUT2D eigenvalue weighted by atomic mass is 10.1. The first kappa shape index (κ1) is 20.8. The van der Waals surface area contributed by atoms with Gasteiger partial charge in [-0.25, -0.2) is 0 Å². The van der Waals surface area contributed by atoms with Crippen LogP contribution in [0.2, 0.25) is 5.02 Å². The van der Waals surface area contributed by atoms with Crippen molar-refractivity contribution in [3.8, 4) is 5.75 Å². The predicted molar refractivity (Wildman–Crippen MR) is 117 cm³/mol. The highest BCUT2D eigenvalue weighted by Crippen LogP contribution is 2.29. The molecule has 0 spiro atoms. The van der Waals surface area contributed by atoms with Crippen molar-refractivity contribution in [2.75, 3.05) is 12.4 Å². The van der Waals surface area contributed by atoms with Gasteiger partial charge in [0.1, 0.15) is 5.75 Å². The van der Waals surface area contributed by atoms with Crippen LogP contribution in [0.4, 0.5) is 5.69 Å². The summed E-state index contributed by atoms with van der Waals surface area (Å²) in [5.41, 5.74) is 7.61. The molecule has 0 unspecified atom stereocenters. The van der Waals surface area contributed by atoms with Crippen LogP contribution in [0.25, 0.3) is 0 Å². The number of rotatable bonds is 7. The second-order valence-electron chi connectivity index (χ2n) is 6.16. The number of halogens is 1. The van der Waals surface area contributed by atoms with E-state index < -0.39 is 5.91 Å². The van der Waals surface area contributed by atoms with Gasteiger partial charge in [0.25, 0.3) is 5.91 Å². The first-order chi connectivity index (χ1) is 14.0. The average molecular weight is 427 g/mol. The third kappa shape index (κ3) is 5.53. The van der Waals surface area contributed by atoms with Crippen molar-refractivity contribution in [2.24, 2.45) is 5.73 Å². The number of ether oxygens (including phenoxy) is 1. The minimum Gasteiger partial charge on any atom is -0.496 e. The van der Waals surface area contributed by atoms with Crippen LogP contribution in [-0.4, -0.2) is 18.9 Å². The number of hydrogen-bond donors (Lipinski definition) is 2. The average Bonchev–Trinajstić information content (AvgIpc) is 2.73. The smallest absolute Gasteiger partial charge is 0.255 e. The number of anilines is 1. The van der Waals surface area contributed by atoms with Crippen LogP contribution in [0.15, 0.2) is 71.6 Å². The van der Waals surface area contributed by atoms with Crippen molar-refractivity contribution >= 4 is 40.9 Å². The fourth-order valence-corrected chi connectivity index (χ4v) is 3.65. The summed E-state index contributed by atoms with van der Waals surface area (Å²) in [6.07, 6.45) is 0. The molecule has 0 atom stereocenters. The minimum absolute atomic E-state index is 0.253. The van der Waals surface area contributed by atoms with Crippen molar-refractivity contribution < 1.29 is 14.3 Å². The molecule has 148 valence electrons. The largest absolute Gasteiger partial charge is 0.496 e. The third-order valence-electron chi connectivity index (χ3n) is 4.18. The van der Waals surface area contributed by atoms with Gasteiger partial charge in [-0.05, 0) is 66.7 Å². The molecule has 3 aromatic carbocycles. The highest BCUT2D eigenvalue weighted by atomic mass is 35.5. The summed E-state index contributed by atoms with van der Waals surface area (Å²) in [5, 5.41) is 3.51. The van der Waals surface area contributed by atoms with Crippen molar-refractivity contribution in [3.63, 3.8) is 0 Å². The van der Waals surface area contributed by atoms with Crippen LogP contribution >= 0.6 is 23.4 Å². The van der Waals surface area contributed by atoms with Crippen molar-refractivity contribution in [3.05, 3.63) is 88.4 Å². The molecule has 0 radical (unpaired) electrons. The van der Waals surface area contributed by atoms with Gasteiger partial charge in [-0.2, -0.15) is 0 Å². The summed E-state index contributed by atoms with van der Waals surface area (Å²) in [7, 11) is 1.60. The molecule has 29 heavy (non-hydrogen) atoms. The van der Waals surface area contributed by atoms with Crippen LogP contribution in [-0.2, 0) is 5.75 Å². The SMILES string of the molecule is COc1ccc(C(=O)Nc2ccc(C(N)=O)cc2)cc1CSc1ccc(Cl)cc1. The second-order valence-corrected chi connectivity index (χ2v) is 7.65. The number of carbonyl (C=O) groups excluding carboxylic acids is 2. The Balaban J connectivity index is 1.73. The topological polar surface area (TPSA) is 81.4 Å². The monoisotopic (exact) mass is 426 g/mol. The number of methoxy groups -OCH3 is 1. The van der Waals surface area contributed by atoms with E-state index in [1.54, 1.807) is 55.3 Å². The number of carbonyl (C=O) groups is 2. The van der Waals surface area contributed by atoms with Crippen LogP contribution in [0, 0.1) is 0 Å². The molecule has 0 saturated heterocycles. The summed E-state index contributed by atoms with van der Waals surface area (Å²) in [5.74, 6) is 0.589. The molecular formula is C22H19ClN2O3S. The summed E-state index contributed by atoms with van der Waals surface area (Å²) >= 11 is 7.55. The Bertz CT molecular complexity index is 1020. The van der Waals surface area contributed by atoms with E-state index in [4.69, 9.17) is 22.1 Å². The van der Waals surface area contributed by atoms with E-state index in [0.29, 0.717) is 33.3 Å². The van der Waals surface area contributed by atoms with Gasteiger partial charge in [0.05, 0.1) is 7.11 Å². The van der Waals surface area contributed by atoms with E-state index in [1.807, 2.05) is 30.3 Å². The molecule has 0 bridgehead atoms. The van der Waals surface area contributed by atoms with Gasteiger partial charge in [-0.1, -0.05) is 11.6 Å². The normalized spacial score (nSPS) is 10.4. The maximum absolute atomic E-state index is 12.6. The molecular weight excluding hydrogens is 408 g/mol. The number of nitrogens with two attached hydrogens (primary N) is 1. The molecule has 3 rings (SSSR count). The molecule has 3 aromatic rings. The number of hydrogen-bond acceptors (Lipinski definition) is 4. The highest BCUT2D eigenvalue weighted by Gasteiger charge is 2.12. The Hall–Kier alpha value is -2.96. The minimum atomic E-state index is -0.513. The lowest BCUT2D eigenvalue weighted by Crippen LogP contribution is -2.13. The molecule has 0 fully saturated rings.